The lowest BCUT2D eigenvalue weighted by atomic mass is 10.0. The summed E-state index contributed by atoms with van der Waals surface area (Å²) in [7, 11) is 0. The van der Waals surface area contributed by atoms with Gasteiger partial charge >= 0.3 is 0 Å². The summed E-state index contributed by atoms with van der Waals surface area (Å²) in [6.07, 6.45) is 8.01. The number of fused-ring (bicyclic) bond motifs is 1. The summed E-state index contributed by atoms with van der Waals surface area (Å²) < 4.78 is 0. The van der Waals surface area contributed by atoms with Crippen LogP contribution in [0.25, 0.3) is 16.8 Å². The van der Waals surface area contributed by atoms with Crippen molar-refractivity contribution in [2.75, 3.05) is 18.4 Å². The molecular formula is C16H20ClN3. The van der Waals surface area contributed by atoms with Crippen LogP contribution in [-0.4, -0.2) is 24.1 Å². The number of piperidine rings is 1. The summed E-state index contributed by atoms with van der Waals surface area (Å²) in [6.45, 7) is 6.08. The molecule has 0 spiro atoms. The predicted octanol–water partition coefficient (Wildman–Crippen LogP) is 3.46. The molecule has 1 fully saturated rings. The summed E-state index contributed by atoms with van der Waals surface area (Å²) in [5.41, 5.74) is 2.29. The van der Waals surface area contributed by atoms with Crippen molar-refractivity contribution in [3.05, 3.63) is 42.7 Å². The van der Waals surface area contributed by atoms with E-state index in [0.29, 0.717) is 6.04 Å². The molecule has 1 aliphatic heterocycles. The number of rotatable bonds is 3. The monoisotopic (exact) mass is 289 g/mol. The van der Waals surface area contributed by atoms with Crippen molar-refractivity contribution >= 4 is 34.9 Å². The number of hydrogen-bond donors (Lipinski definition) is 2. The van der Waals surface area contributed by atoms with E-state index >= 15 is 0 Å². The van der Waals surface area contributed by atoms with Crippen LogP contribution in [0.3, 0.4) is 0 Å². The zero-order valence-electron chi connectivity index (χ0n) is 11.4. The lowest BCUT2D eigenvalue weighted by Gasteiger charge is -2.25. The molecule has 0 amide bonds. The summed E-state index contributed by atoms with van der Waals surface area (Å²) in [5.74, 6) is 0. The number of anilines is 1. The highest BCUT2D eigenvalue weighted by Crippen LogP contribution is 2.28. The SMILES string of the molecule is C=Cc1cncc2cccc(NC3CCNCC3)c12.Cl. The van der Waals surface area contributed by atoms with Gasteiger partial charge in [-0.25, -0.2) is 0 Å². The van der Waals surface area contributed by atoms with Gasteiger partial charge in [-0.3, -0.25) is 4.98 Å². The molecule has 0 atom stereocenters. The minimum Gasteiger partial charge on any atom is -0.382 e. The molecule has 20 heavy (non-hydrogen) atoms. The highest BCUT2D eigenvalue weighted by atomic mass is 35.5. The maximum atomic E-state index is 4.26. The van der Waals surface area contributed by atoms with Gasteiger partial charge in [0.15, 0.2) is 0 Å². The van der Waals surface area contributed by atoms with Gasteiger partial charge in [0.1, 0.15) is 0 Å². The Morgan fingerprint density at radius 1 is 1.25 bits per heavy atom. The van der Waals surface area contributed by atoms with E-state index in [1.165, 1.54) is 23.9 Å². The molecule has 0 unspecified atom stereocenters. The number of benzene rings is 1. The van der Waals surface area contributed by atoms with Gasteiger partial charge < -0.3 is 10.6 Å². The van der Waals surface area contributed by atoms with Crippen LogP contribution in [0.5, 0.6) is 0 Å². The minimum atomic E-state index is 0. The van der Waals surface area contributed by atoms with Crippen molar-refractivity contribution in [1.29, 1.82) is 0 Å². The Bertz CT molecular complexity index is 586. The summed E-state index contributed by atoms with van der Waals surface area (Å²) in [6, 6.07) is 6.89. The lowest BCUT2D eigenvalue weighted by molar-refractivity contribution is 0.479. The van der Waals surface area contributed by atoms with Gasteiger partial charge in [0, 0.05) is 40.5 Å². The predicted molar refractivity (Wildman–Crippen MR) is 88.6 cm³/mol. The van der Waals surface area contributed by atoms with Crippen LogP contribution in [0.2, 0.25) is 0 Å². The largest absolute Gasteiger partial charge is 0.382 e. The van der Waals surface area contributed by atoms with Crippen LogP contribution in [0.1, 0.15) is 18.4 Å². The third kappa shape index (κ3) is 2.94. The molecule has 1 aliphatic rings. The first-order valence-corrected chi connectivity index (χ1v) is 6.85. The molecule has 2 N–H and O–H groups in total. The lowest BCUT2D eigenvalue weighted by Crippen LogP contribution is -2.35. The van der Waals surface area contributed by atoms with Gasteiger partial charge in [-0.1, -0.05) is 24.8 Å². The number of nitrogens with zero attached hydrogens (tertiary/aromatic N) is 1. The number of hydrogen-bond acceptors (Lipinski definition) is 3. The van der Waals surface area contributed by atoms with Crippen LogP contribution >= 0.6 is 12.4 Å². The summed E-state index contributed by atoms with van der Waals surface area (Å²) in [4.78, 5) is 4.26. The Morgan fingerprint density at radius 3 is 2.80 bits per heavy atom. The minimum absolute atomic E-state index is 0. The fourth-order valence-corrected chi connectivity index (χ4v) is 2.72. The van der Waals surface area contributed by atoms with Crippen LogP contribution in [0, 0.1) is 0 Å². The van der Waals surface area contributed by atoms with Crippen molar-refractivity contribution < 1.29 is 0 Å². The van der Waals surface area contributed by atoms with Gasteiger partial charge in [-0.15, -0.1) is 12.4 Å². The second-order valence-corrected chi connectivity index (χ2v) is 5.01. The molecule has 0 radical (unpaired) electrons. The molecular weight excluding hydrogens is 270 g/mol. The average Bonchev–Trinajstić information content (AvgIpc) is 2.48. The third-order valence-electron chi connectivity index (χ3n) is 3.73. The Labute approximate surface area is 125 Å². The van der Waals surface area contributed by atoms with Gasteiger partial charge in [0.2, 0.25) is 0 Å². The Hall–Kier alpha value is -1.58. The van der Waals surface area contributed by atoms with Crippen molar-refractivity contribution in [1.82, 2.24) is 10.3 Å². The average molecular weight is 290 g/mol. The van der Waals surface area contributed by atoms with Crippen LogP contribution in [0.4, 0.5) is 5.69 Å². The highest BCUT2D eigenvalue weighted by molar-refractivity contribution is 5.99. The maximum absolute atomic E-state index is 4.26. The zero-order chi connectivity index (χ0) is 13.1. The number of aromatic nitrogens is 1. The smallest absolute Gasteiger partial charge is 0.0429 e. The summed E-state index contributed by atoms with van der Waals surface area (Å²) >= 11 is 0. The van der Waals surface area contributed by atoms with E-state index in [2.05, 4.69) is 40.4 Å². The standard InChI is InChI=1S/C16H19N3.ClH/c1-2-12-10-18-11-13-4-3-5-15(16(12)13)19-14-6-8-17-9-7-14;/h2-5,10-11,14,17,19H,1,6-9H2;1H. The van der Waals surface area contributed by atoms with E-state index in [1.54, 1.807) is 0 Å². The van der Waals surface area contributed by atoms with Crippen molar-refractivity contribution in [3.8, 4) is 0 Å². The molecule has 0 aliphatic carbocycles. The fourth-order valence-electron chi connectivity index (χ4n) is 2.72. The van der Waals surface area contributed by atoms with Crippen LogP contribution < -0.4 is 10.6 Å². The molecule has 0 bridgehead atoms. The first-order chi connectivity index (χ1) is 9.38. The molecule has 2 aromatic rings. The molecule has 0 saturated carbocycles. The Kier molecular flexibility index (Phi) is 4.99. The van der Waals surface area contributed by atoms with E-state index in [1.807, 2.05) is 18.5 Å². The van der Waals surface area contributed by atoms with E-state index in [0.717, 1.165) is 24.0 Å². The number of nitrogens with one attached hydrogen (secondary N) is 2. The second kappa shape index (κ2) is 6.73. The van der Waals surface area contributed by atoms with Crippen LogP contribution in [0.15, 0.2) is 37.2 Å². The summed E-state index contributed by atoms with van der Waals surface area (Å²) in [5, 5.41) is 9.47. The fraction of sp³-hybridized carbons (Fsp3) is 0.312. The van der Waals surface area contributed by atoms with E-state index in [-0.39, 0.29) is 12.4 Å². The molecule has 1 saturated heterocycles. The maximum Gasteiger partial charge on any atom is 0.0429 e. The number of pyridine rings is 1. The van der Waals surface area contributed by atoms with Gasteiger partial charge in [0.25, 0.3) is 0 Å². The first kappa shape index (κ1) is 14.8. The third-order valence-corrected chi connectivity index (χ3v) is 3.73. The van der Waals surface area contributed by atoms with Crippen molar-refractivity contribution in [2.45, 2.75) is 18.9 Å². The molecule has 1 aromatic heterocycles. The molecule has 106 valence electrons. The normalized spacial score (nSPS) is 15.6. The second-order valence-electron chi connectivity index (χ2n) is 5.01. The molecule has 3 rings (SSSR count). The molecule has 1 aromatic carbocycles. The molecule has 2 heterocycles. The van der Waals surface area contributed by atoms with E-state index in [4.69, 9.17) is 0 Å². The molecule has 3 nitrogen and oxygen atoms in total. The van der Waals surface area contributed by atoms with E-state index in [9.17, 15) is 0 Å². The van der Waals surface area contributed by atoms with Gasteiger partial charge in [0.05, 0.1) is 0 Å². The quantitative estimate of drug-likeness (QED) is 0.908. The van der Waals surface area contributed by atoms with E-state index < -0.39 is 0 Å². The Balaban J connectivity index is 0.00000147. The highest BCUT2D eigenvalue weighted by Gasteiger charge is 2.14. The van der Waals surface area contributed by atoms with Crippen molar-refractivity contribution in [2.24, 2.45) is 0 Å². The first-order valence-electron chi connectivity index (χ1n) is 6.85. The topological polar surface area (TPSA) is 37.0 Å². The van der Waals surface area contributed by atoms with Gasteiger partial charge in [-0.2, -0.15) is 0 Å². The number of halogens is 1. The molecule has 4 heteroatoms. The Morgan fingerprint density at radius 2 is 2.05 bits per heavy atom. The van der Waals surface area contributed by atoms with Crippen LogP contribution in [-0.2, 0) is 0 Å². The zero-order valence-corrected chi connectivity index (χ0v) is 12.2. The van der Waals surface area contributed by atoms with Crippen molar-refractivity contribution in [3.63, 3.8) is 0 Å². The van der Waals surface area contributed by atoms with Gasteiger partial charge in [-0.05, 0) is 32.0 Å².